The Balaban J connectivity index is 0. The molecule has 0 atom stereocenters. The summed E-state index contributed by atoms with van der Waals surface area (Å²) in [4.78, 5) is 4.68. The zero-order valence-electron chi connectivity index (χ0n) is 15.8. The van der Waals surface area contributed by atoms with Crippen LogP contribution in [0.5, 0.6) is 0 Å². The molecule has 0 aliphatic rings. The highest BCUT2D eigenvalue weighted by Gasteiger charge is 2.12. The van der Waals surface area contributed by atoms with Crippen LogP contribution in [0.15, 0.2) is 0 Å². The topological polar surface area (TPSA) is 24.9 Å². The summed E-state index contributed by atoms with van der Waals surface area (Å²) in [5, 5.41) is 0. The van der Waals surface area contributed by atoms with Gasteiger partial charge in [0, 0.05) is 25.2 Å². The summed E-state index contributed by atoms with van der Waals surface area (Å²) in [6.45, 7) is 21.1. The quantitative estimate of drug-likeness (QED) is 0.517. The number of likely N-dealkylation sites (N-methyl/N-ethyl adjacent to an activating group) is 1. The van der Waals surface area contributed by atoms with Crippen molar-refractivity contribution >= 4 is 0 Å². The molecule has 0 amide bonds. The molecule has 0 unspecified atom stereocenters. The van der Waals surface area contributed by atoms with Gasteiger partial charge >= 0.3 is 0 Å². The number of hydrogen-bond acceptors (Lipinski definition) is 4. The van der Waals surface area contributed by atoms with Crippen molar-refractivity contribution in [3.8, 4) is 0 Å². The van der Waals surface area contributed by atoms with Crippen molar-refractivity contribution in [3.63, 3.8) is 0 Å². The lowest BCUT2D eigenvalue weighted by atomic mass is 10.2. The minimum atomic E-state index is 0.574. The summed E-state index contributed by atoms with van der Waals surface area (Å²) in [7, 11) is 2.10. The van der Waals surface area contributed by atoms with Gasteiger partial charge in [-0.1, -0.05) is 20.8 Å². The second kappa shape index (κ2) is 16.2. The molecule has 4 nitrogen and oxygen atoms in total. The lowest BCUT2D eigenvalue weighted by Gasteiger charge is -2.30. The van der Waals surface area contributed by atoms with Gasteiger partial charge in [-0.25, -0.2) is 0 Å². The van der Waals surface area contributed by atoms with Gasteiger partial charge in [0.1, 0.15) is 0 Å². The van der Waals surface area contributed by atoms with Crippen molar-refractivity contribution < 1.29 is 9.47 Å². The highest BCUT2D eigenvalue weighted by molar-refractivity contribution is 4.66. The van der Waals surface area contributed by atoms with Gasteiger partial charge in [0.05, 0.1) is 26.4 Å². The summed E-state index contributed by atoms with van der Waals surface area (Å²) in [5.41, 5.74) is 0. The van der Waals surface area contributed by atoms with Crippen LogP contribution >= 0.6 is 0 Å². The van der Waals surface area contributed by atoms with Crippen LogP contribution in [0.1, 0.15) is 48.5 Å². The van der Waals surface area contributed by atoms with Gasteiger partial charge in [-0.2, -0.15) is 0 Å². The molecule has 0 aliphatic carbocycles. The van der Waals surface area contributed by atoms with E-state index in [1.54, 1.807) is 0 Å². The standard InChI is InChI=1S/C15H34N2O2.C2H6/c1-7-16(6)8-10-18-12-13-19-11-9-17(14(2)3)15(4)5;1-2/h14-15H,7-13H2,1-6H3;1-2H3. The van der Waals surface area contributed by atoms with E-state index in [4.69, 9.17) is 9.47 Å². The van der Waals surface area contributed by atoms with Gasteiger partial charge in [-0.15, -0.1) is 0 Å². The first-order valence-corrected chi connectivity index (χ1v) is 8.58. The summed E-state index contributed by atoms with van der Waals surface area (Å²) in [6, 6.07) is 1.15. The van der Waals surface area contributed by atoms with Crippen LogP contribution in [0.25, 0.3) is 0 Å². The van der Waals surface area contributed by atoms with Gasteiger partial charge in [0.15, 0.2) is 0 Å². The average Bonchev–Trinajstić information content (AvgIpc) is 2.46. The third kappa shape index (κ3) is 14.5. The fourth-order valence-corrected chi connectivity index (χ4v) is 1.98. The molecule has 0 saturated heterocycles. The van der Waals surface area contributed by atoms with Crippen molar-refractivity contribution in [2.45, 2.75) is 60.5 Å². The first-order valence-electron chi connectivity index (χ1n) is 8.58. The molecule has 0 N–H and O–H groups in total. The Morgan fingerprint density at radius 2 is 1.19 bits per heavy atom. The summed E-state index contributed by atoms with van der Waals surface area (Å²) in [5.74, 6) is 0. The minimum Gasteiger partial charge on any atom is -0.378 e. The molecule has 0 saturated carbocycles. The smallest absolute Gasteiger partial charge is 0.0701 e. The molecule has 0 rings (SSSR count). The molecule has 0 aromatic heterocycles. The largest absolute Gasteiger partial charge is 0.378 e. The monoisotopic (exact) mass is 304 g/mol. The fraction of sp³-hybridized carbons (Fsp3) is 1.00. The Morgan fingerprint density at radius 3 is 1.57 bits per heavy atom. The van der Waals surface area contributed by atoms with Crippen molar-refractivity contribution in [2.75, 3.05) is 53.1 Å². The number of rotatable bonds is 12. The molecule has 130 valence electrons. The van der Waals surface area contributed by atoms with Crippen LogP contribution in [0.2, 0.25) is 0 Å². The number of nitrogens with zero attached hydrogens (tertiary/aromatic N) is 2. The van der Waals surface area contributed by atoms with Crippen LogP contribution in [0.4, 0.5) is 0 Å². The van der Waals surface area contributed by atoms with E-state index < -0.39 is 0 Å². The highest BCUT2D eigenvalue weighted by atomic mass is 16.5. The minimum absolute atomic E-state index is 0.574. The van der Waals surface area contributed by atoms with Crippen molar-refractivity contribution in [2.24, 2.45) is 0 Å². The molecule has 0 aromatic rings. The van der Waals surface area contributed by atoms with Crippen LogP contribution < -0.4 is 0 Å². The zero-order valence-corrected chi connectivity index (χ0v) is 15.8. The zero-order chi connectivity index (χ0) is 16.7. The number of ether oxygens (including phenoxy) is 2. The third-order valence-corrected chi connectivity index (χ3v) is 3.35. The van der Waals surface area contributed by atoms with E-state index in [0.29, 0.717) is 25.3 Å². The maximum Gasteiger partial charge on any atom is 0.0701 e. The van der Waals surface area contributed by atoms with E-state index in [1.165, 1.54) is 0 Å². The summed E-state index contributed by atoms with van der Waals surface area (Å²) >= 11 is 0. The van der Waals surface area contributed by atoms with Crippen molar-refractivity contribution in [3.05, 3.63) is 0 Å². The Hall–Kier alpha value is -0.160. The second-order valence-electron chi connectivity index (χ2n) is 5.55. The van der Waals surface area contributed by atoms with E-state index in [9.17, 15) is 0 Å². The average molecular weight is 305 g/mol. The Labute approximate surface area is 133 Å². The fourth-order valence-electron chi connectivity index (χ4n) is 1.98. The van der Waals surface area contributed by atoms with Crippen LogP contribution in [0, 0.1) is 0 Å². The Kier molecular flexibility index (Phi) is 17.8. The second-order valence-corrected chi connectivity index (χ2v) is 5.55. The molecule has 0 heterocycles. The predicted octanol–water partition coefficient (Wildman–Crippen LogP) is 3.12. The van der Waals surface area contributed by atoms with E-state index in [0.717, 1.165) is 32.8 Å². The summed E-state index contributed by atoms with van der Waals surface area (Å²) in [6.07, 6.45) is 0. The van der Waals surface area contributed by atoms with Crippen LogP contribution in [0.3, 0.4) is 0 Å². The van der Waals surface area contributed by atoms with E-state index in [-0.39, 0.29) is 0 Å². The van der Waals surface area contributed by atoms with Gasteiger partial charge in [0.2, 0.25) is 0 Å². The molecular formula is C17H40N2O2. The lowest BCUT2D eigenvalue weighted by molar-refractivity contribution is 0.0263. The Bertz CT molecular complexity index is 191. The maximum absolute atomic E-state index is 5.62. The molecular weight excluding hydrogens is 264 g/mol. The first kappa shape index (κ1) is 23.1. The first-order chi connectivity index (χ1) is 9.99. The van der Waals surface area contributed by atoms with Gasteiger partial charge in [-0.05, 0) is 41.3 Å². The maximum atomic E-state index is 5.62. The SMILES string of the molecule is CC.CCN(C)CCOCCOCCN(C(C)C)C(C)C. The third-order valence-electron chi connectivity index (χ3n) is 3.35. The van der Waals surface area contributed by atoms with E-state index in [1.807, 2.05) is 13.8 Å². The predicted molar refractivity (Wildman–Crippen MR) is 93.1 cm³/mol. The normalized spacial score (nSPS) is 11.4. The van der Waals surface area contributed by atoms with Crippen LogP contribution in [-0.2, 0) is 9.47 Å². The van der Waals surface area contributed by atoms with Gasteiger partial charge < -0.3 is 14.4 Å². The lowest BCUT2D eigenvalue weighted by Crippen LogP contribution is -2.39. The van der Waals surface area contributed by atoms with Crippen molar-refractivity contribution in [1.29, 1.82) is 0 Å². The highest BCUT2D eigenvalue weighted by Crippen LogP contribution is 2.03. The molecule has 0 fully saturated rings. The van der Waals surface area contributed by atoms with E-state index >= 15 is 0 Å². The van der Waals surface area contributed by atoms with Gasteiger partial charge in [0.25, 0.3) is 0 Å². The summed E-state index contributed by atoms with van der Waals surface area (Å²) < 4.78 is 11.1. The Morgan fingerprint density at radius 1 is 0.762 bits per heavy atom. The van der Waals surface area contributed by atoms with Gasteiger partial charge in [-0.3, -0.25) is 4.90 Å². The molecule has 4 heteroatoms. The molecule has 0 radical (unpaired) electrons. The molecule has 0 bridgehead atoms. The number of hydrogen-bond donors (Lipinski definition) is 0. The van der Waals surface area contributed by atoms with Crippen molar-refractivity contribution in [1.82, 2.24) is 9.80 Å². The van der Waals surface area contributed by atoms with Crippen LogP contribution in [-0.4, -0.2) is 75.0 Å². The van der Waals surface area contributed by atoms with E-state index in [2.05, 4.69) is 51.5 Å². The molecule has 0 spiro atoms. The molecule has 21 heavy (non-hydrogen) atoms. The molecule has 0 aromatic carbocycles. The molecule has 0 aliphatic heterocycles.